The van der Waals surface area contributed by atoms with E-state index in [1.807, 2.05) is 18.2 Å². The highest BCUT2D eigenvalue weighted by atomic mass is 35.5. The Morgan fingerprint density at radius 2 is 1.95 bits per heavy atom. The summed E-state index contributed by atoms with van der Waals surface area (Å²) in [6, 6.07) is 7.36. The molecule has 0 spiro atoms. The molecule has 0 unspecified atom stereocenters. The molecule has 1 heterocycles. The maximum absolute atomic E-state index is 12.2. The lowest BCUT2D eigenvalue weighted by Gasteiger charge is -2.31. The Labute approximate surface area is 136 Å². The third-order valence-corrected chi connectivity index (χ3v) is 4.10. The number of nitrogens with zero attached hydrogens (tertiary/aromatic N) is 2. The lowest BCUT2D eigenvalue weighted by molar-refractivity contribution is -0.137. The second kappa shape index (κ2) is 7.45. The first-order valence-corrected chi connectivity index (χ1v) is 7.79. The molecule has 0 aromatic heterocycles. The Bertz CT molecular complexity index is 576. The smallest absolute Gasteiger partial charge is 0.246 e. The number of hydrogen-bond donors (Lipinski definition) is 0. The zero-order valence-electron chi connectivity index (χ0n) is 13.0. The normalized spacial score (nSPS) is 16.0. The molecule has 0 N–H and O–H groups in total. The first-order valence-electron chi connectivity index (χ1n) is 7.41. The highest BCUT2D eigenvalue weighted by molar-refractivity contribution is 6.30. The van der Waals surface area contributed by atoms with E-state index in [4.69, 9.17) is 11.6 Å². The van der Waals surface area contributed by atoms with Gasteiger partial charge in [0.2, 0.25) is 11.8 Å². The summed E-state index contributed by atoms with van der Waals surface area (Å²) >= 11 is 5.91. The molecule has 118 valence electrons. The summed E-state index contributed by atoms with van der Waals surface area (Å²) in [6.45, 7) is 1.26. The minimum absolute atomic E-state index is 0.0178. The van der Waals surface area contributed by atoms with E-state index in [1.54, 1.807) is 42.1 Å². The summed E-state index contributed by atoms with van der Waals surface area (Å²) in [7, 11) is 3.54. The van der Waals surface area contributed by atoms with Crippen LogP contribution in [0.4, 0.5) is 0 Å². The number of carbonyl (C=O) groups excluding carboxylic acids is 2. The molecule has 4 nitrogen and oxygen atoms in total. The molecule has 1 aliphatic heterocycles. The van der Waals surface area contributed by atoms with Gasteiger partial charge in [-0.25, -0.2) is 0 Å². The predicted octanol–water partition coefficient (Wildman–Crippen LogP) is 2.68. The van der Waals surface area contributed by atoms with Gasteiger partial charge in [-0.1, -0.05) is 23.7 Å². The Kier molecular flexibility index (Phi) is 5.61. The largest absolute Gasteiger partial charge is 0.349 e. The quantitative estimate of drug-likeness (QED) is 0.803. The van der Waals surface area contributed by atoms with Crippen molar-refractivity contribution < 1.29 is 9.59 Å². The molecule has 1 saturated heterocycles. The highest BCUT2D eigenvalue weighted by Gasteiger charge is 2.27. The number of carbonyl (C=O) groups is 2. The molecule has 22 heavy (non-hydrogen) atoms. The van der Waals surface area contributed by atoms with Crippen molar-refractivity contribution in [3.63, 3.8) is 0 Å². The van der Waals surface area contributed by atoms with Crippen LogP contribution in [-0.2, 0) is 9.59 Å². The fourth-order valence-corrected chi connectivity index (χ4v) is 2.79. The minimum Gasteiger partial charge on any atom is -0.349 e. The topological polar surface area (TPSA) is 40.6 Å². The number of piperidine rings is 1. The first kappa shape index (κ1) is 16.6. The number of rotatable bonds is 3. The van der Waals surface area contributed by atoms with Crippen LogP contribution in [0.2, 0.25) is 5.02 Å². The van der Waals surface area contributed by atoms with E-state index in [0.29, 0.717) is 18.1 Å². The van der Waals surface area contributed by atoms with E-state index in [-0.39, 0.29) is 17.7 Å². The predicted molar refractivity (Wildman–Crippen MR) is 88.5 cm³/mol. The Morgan fingerprint density at radius 1 is 1.27 bits per heavy atom. The second-order valence-corrected chi connectivity index (χ2v) is 6.16. The van der Waals surface area contributed by atoms with Gasteiger partial charge in [0.15, 0.2) is 0 Å². The Balaban J connectivity index is 1.89. The third kappa shape index (κ3) is 4.34. The van der Waals surface area contributed by atoms with E-state index >= 15 is 0 Å². The summed E-state index contributed by atoms with van der Waals surface area (Å²) in [5, 5.41) is 0.651. The highest BCUT2D eigenvalue weighted by Crippen LogP contribution is 2.19. The average Bonchev–Trinajstić information content (AvgIpc) is 2.52. The van der Waals surface area contributed by atoms with Crippen molar-refractivity contribution in [1.82, 2.24) is 9.80 Å². The molecular weight excluding hydrogens is 300 g/mol. The SMILES string of the molecule is CN(C)C(=O)C1CCN(C(=O)/C=C/c2cccc(Cl)c2)CC1. The lowest BCUT2D eigenvalue weighted by atomic mass is 9.95. The molecule has 0 saturated carbocycles. The summed E-state index contributed by atoms with van der Waals surface area (Å²) in [5.74, 6) is 0.174. The van der Waals surface area contributed by atoms with Gasteiger partial charge in [0.05, 0.1) is 0 Å². The monoisotopic (exact) mass is 320 g/mol. The third-order valence-electron chi connectivity index (χ3n) is 3.86. The summed E-state index contributed by atoms with van der Waals surface area (Å²) in [6.07, 6.45) is 4.80. The molecule has 0 bridgehead atoms. The Hall–Kier alpha value is -1.81. The van der Waals surface area contributed by atoms with Crippen LogP contribution in [-0.4, -0.2) is 48.8 Å². The molecule has 2 rings (SSSR count). The van der Waals surface area contributed by atoms with Crippen molar-refractivity contribution in [2.45, 2.75) is 12.8 Å². The standard InChI is InChI=1S/C17H21ClN2O2/c1-19(2)17(22)14-8-10-20(11-9-14)16(21)7-6-13-4-3-5-15(18)12-13/h3-7,12,14H,8-11H2,1-2H3/b7-6+. The molecule has 5 heteroatoms. The molecule has 1 aliphatic rings. The fraction of sp³-hybridized carbons (Fsp3) is 0.412. The van der Waals surface area contributed by atoms with Crippen molar-refractivity contribution in [3.8, 4) is 0 Å². The number of benzene rings is 1. The van der Waals surface area contributed by atoms with Gasteiger partial charge < -0.3 is 9.80 Å². The van der Waals surface area contributed by atoms with Crippen LogP contribution >= 0.6 is 11.6 Å². The van der Waals surface area contributed by atoms with Crippen LogP contribution in [0.1, 0.15) is 18.4 Å². The number of hydrogen-bond acceptors (Lipinski definition) is 2. The summed E-state index contributed by atoms with van der Waals surface area (Å²) in [4.78, 5) is 27.5. The van der Waals surface area contributed by atoms with Gasteiger partial charge in [-0.3, -0.25) is 9.59 Å². The fourth-order valence-electron chi connectivity index (χ4n) is 2.60. The van der Waals surface area contributed by atoms with Gasteiger partial charge >= 0.3 is 0 Å². The van der Waals surface area contributed by atoms with Gasteiger partial charge in [-0.15, -0.1) is 0 Å². The first-order chi connectivity index (χ1) is 10.5. The van der Waals surface area contributed by atoms with Crippen LogP contribution < -0.4 is 0 Å². The van der Waals surface area contributed by atoms with Gasteiger partial charge in [-0.05, 0) is 36.6 Å². The zero-order chi connectivity index (χ0) is 16.1. The molecule has 0 atom stereocenters. The zero-order valence-corrected chi connectivity index (χ0v) is 13.7. The van der Waals surface area contributed by atoms with E-state index in [0.717, 1.165) is 18.4 Å². The van der Waals surface area contributed by atoms with Gasteiger partial charge in [0.25, 0.3) is 0 Å². The van der Waals surface area contributed by atoms with Gasteiger partial charge in [0.1, 0.15) is 0 Å². The molecule has 0 aliphatic carbocycles. The molecule has 1 fully saturated rings. The van der Waals surface area contributed by atoms with Gasteiger partial charge in [-0.2, -0.15) is 0 Å². The van der Waals surface area contributed by atoms with E-state index < -0.39 is 0 Å². The van der Waals surface area contributed by atoms with Crippen LogP contribution in [0.25, 0.3) is 6.08 Å². The molecule has 2 amide bonds. The van der Waals surface area contributed by atoms with Crippen LogP contribution in [0, 0.1) is 5.92 Å². The van der Waals surface area contributed by atoms with Crippen LogP contribution in [0.5, 0.6) is 0 Å². The maximum Gasteiger partial charge on any atom is 0.246 e. The van der Waals surface area contributed by atoms with Crippen molar-refractivity contribution in [2.24, 2.45) is 5.92 Å². The van der Waals surface area contributed by atoms with Crippen molar-refractivity contribution in [2.75, 3.05) is 27.2 Å². The van der Waals surface area contributed by atoms with E-state index in [2.05, 4.69) is 0 Å². The summed E-state index contributed by atoms with van der Waals surface area (Å²) < 4.78 is 0. The van der Waals surface area contributed by atoms with Crippen LogP contribution in [0.15, 0.2) is 30.3 Å². The van der Waals surface area contributed by atoms with E-state index in [1.165, 1.54) is 0 Å². The number of halogens is 1. The Morgan fingerprint density at radius 3 is 2.55 bits per heavy atom. The van der Waals surface area contributed by atoms with E-state index in [9.17, 15) is 9.59 Å². The minimum atomic E-state index is -0.0178. The molecule has 0 radical (unpaired) electrons. The average molecular weight is 321 g/mol. The number of likely N-dealkylation sites (tertiary alicyclic amines) is 1. The van der Waals surface area contributed by atoms with Crippen LogP contribution in [0.3, 0.4) is 0 Å². The van der Waals surface area contributed by atoms with Crippen molar-refractivity contribution in [3.05, 3.63) is 40.9 Å². The van der Waals surface area contributed by atoms with Crippen molar-refractivity contribution >= 4 is 29.5 Å². The lowest BCUT2D eigenvalue weighted by Crippen LogP contribution is -2.42. The summed E-state index contributed by atoms with van der Waals surface area (Å²) in [5.41, 5.74) is 0.901. The number of amides is 2. The molecule has 1 aromatic rings. The molecular formula is C17H21ClN2O2. The second-order valence-electron chi connectivity index (χ2n) is 5.72. The molecule has 1 aromatic carbocycles. The van der Waals surface area contributed by atoms with Gasteiger partial charge in [0, 0.05) is 44.2 Å². The van der Waals surface area contributed by atoms with Crippen molar-refractivity contribution in [1.29, 1.82) is 0 Å². The maximum atomic E-state index is 12.2.